The average molecular weight is 401 g/mol. The van der Waals surface area contributed by atoms with Gasteiger partial charge in [-0.25, -0.2) is 0 Å². The van der Waals surface area contributed by atoms with Crippen molar-refractivity contribution in [1.82, 2.24) is 4.57 Å². The number of carbonyl (C=O) groups excluding carboxylic acids is 1. The second-order valence-corrected chi connectivity index (χ2v) is 7.32. The average Bonchev–Trinajstić information content (AvgIpc) is 3.05. The maximum absolute atomic E-state index is 12.6. The van der Waals surface area contributed by atoms with E-state index in [9.17, 15) is 4.79 Å². The van der Waals surface area contributed by atoms with E-state index in [1.807, 2.05) is 47.9 Å². The standard InChI is InChI=1S/C21H24N2O4S/c1-14-5-7-15(8-6-14)13-18(24)22-21-23(11-12-25-2)19-16(26-3)9-10-17(27-4)20(19)28-21/h5-10H,11-13H2,1-4H3. The lowest BCUT2D eigenvalue weighted by molar-refractivity contribution is -0.117. The molecule has 148 valence electrons. The molecule has 0 aliphatic carbocycles. The first-order chi connectivity index (χ1) is 13.6. The predicted octanol–water partition coefficient (Wildman–Crippen LogP) is 3.34. The molecule has 0 atom stereocenters. The fourth-order valence-corrected chi connectivity index (χ4v) is 4.14. The van der Waals surface area contributed by atoms with Gasteiger partial charge >= 0.3 is 0 Å². The number of methoxy groups -OCH3 is 3. The summed E-state index contributed by atoms with van der Waals surface area (Å²) in [5.74, 6) is 1.23. The van der Waals surface area contributed by atoms with Crippen LogP contribution >= 0.6 is 11.3 Å². The Hall–Kier alpha value is -2.64. The van der Waals surface area contributed by atoms with Gasteiger partial charge in [-0.2, -0.15) is 4.99 Å². The minimum absolute atomic E-state index is 0.195. The van der Waals surface area contributed by atoms with E-state index in [-0.39, 0.29) is 12.3 Å². The van der Waals surface area contributed by atoms with Gasteiger partial charge in [-0.15, -0.1) is 0 Å². The van der Waals surface area contributed by atoms with Crippen molar-refractivity contribution in [3.8, 4) is 11.5 Å². The largest absolute Gasteiger partial charge is 0.495 e. The van der Waals surface area contributed by atoms with Crippen LogP contribution in [0.4, 0.5) is 0 Å². The Morgan fingerprint density at radius 2 is 1.71 bits per heavy atom. The van der Waals surface area contributed by atoms with Crippen LogP contribution in [0.2, 0.25) is 0 Å². The lowest BCUT2D eigenvalue weighted by atomic mass is 10.1. The number of ether oxygens (including phenoxy) is 3. The molecule has 3 rings (SSSR count). The van der Waals surface area contributed by atoms with Crippen LogP contribution in [-0.4, -0.2) is 38.4 Å². The van der Waals surface area contributed by atoms with Gasteiger partial charge < -0.3 is 18.8 Å². The van der Waals surface area contributed by atoms with Crippen molar-refractivity contribution in [2.75, 3.05) is 27.9 Å². The molecule has 0 saturated heterocycles. The summed E-state index contributed by atoms with van der Waals surface area (Å²) < 4.78 is 19.1. The Kier molecular flexibility index (Phi) is 6.49. The molecule has 0 saturated carbocycles. The van der Waals surface area contributed by atoms with Crippen LogP contribution in [0, 0.1) is 6.92 Å². The van der Waals surface area contributed by atoms with Crippen molar-refractivity contribution in [2.45, 2.75) is 19.9 Å². The van der Waals surface area contributed by atoms with Crippen LogP contribution in [0.3, 0.4) is 0 Å². The molecule has 2 aromatic carbocycles. The van der Waals surface area contributed by atoms with Crippen LogP contribution in [0.1, 0.15) is 11.1 Å². The first kappa shape index (κ1) is 20.1. The van der Waals surface area contributed by atoms with Crippen molar-refractivity contribution in [1.29, 1.82) is 0 Å². The molecule has 0 aliphatic heterocycles. The van der Waals surface area contributed by atoms with Crippen LogP contribution < -0.4 is 14.3 Å². The molecule has 7 heteroatoms. The molecule has 0 N–H and O–H groups in total. The van der Waals surface area contributed by atoms with Gasteiger partial charge in [0.05, 0.1) is 27.2 Å². The molecule has 1 amide bonds. The summed E-state index contributed by atoms with van der Waals surface area (Å²) in [6.07, 6.45) is 0.257. The van der Waals surface area contributed by atoms with Gasteiger partial charge in [0.1, 0.15) is 21.7 Å². The monoisotopic (exact) mass is 400 g/mol. The van der Waals surface area contributed by atoms with E-state index in [0.29, 0.717) is 23.7 Å². The van der Waals surface area contributed by atoms with Crippen molar-refractivity contribution in [3.05, 3.63) is 52.3 Å². The third-order valence-electron chi connectivity index (χ3n) is 4.41. The normalized spacial score (nSPS) is 11.8. The summed E-state index contributed by atoms with van der Waals surface area (Å²) in [4.78, 5) is 17.6. The Bertz CT molecular complexity index is 1030. The molecule has 0 spiro atoms. The number of hydrogen-bond donors (Lipinski definition) is 0. The molecule has 0 aliphatic rings. The lowest BCUT2D eigenvalue weighted by Gasteiger charge is -2.09. The third-order valence-corrected chi connectivity index (χ3v) is 5.50. The van der Waals surface area contributed by atoms with E-state index in [0.717, 1.165) is 27.1 Å². The van der Waals surface area contributed by atoms with E-state index in [4.69, 9.17) is 14.2 Å². The Labute approximate surface area is 168 Å². The molecular formula is C21H24N2O4S. The highest BCUT2D eigenvalue weighted by atomic mass is 32.1. The number of carbonyl (C=O) groups is 1. The Morgan fingerprint density at radius 1 is 1.04 bits per heavy atom. The fraction of sp³-hybridized carbons (Fsp3) is 0.333. The van der Waals surface area contributed by atoms with Crippen molar-refractivity contribution >= 4 is 27.5 Å². The minimum Gasteiger partial charge on any atom is -0.495 e. The lowest BCUT2D eigenvalue weighted by Crippen LogP contribution is -2.20. The third kappa shape index (κ3) is 4.26. The maximum atomic E-state index is 12.6. The Morgan fingerprint density at radius 3 is 2.36 bits per heavy atom. The molecule has 1 aromatic heterocycles. The Balaban J connectivity index is 2.08. The topological polar surface area (TPSA) is 62.1 Å². The number of hydrogen-bond acceptors (Lipinski definition) is 5. The molecule has 0 bridgehead atoms. The van der Waals surface area contributed by atoms with Crippen LogP contribution in [0.5, 0.6) is 11.5 Å². The first-order valence-corrected chi connectivity index (χ1v) is 9.75. The summed E-state index contributed by atoms with van der Waals surface area (Å²) in [5.41, 5.74) is 2.96. The van der Waals surface area contributed by atoms with E-state index in [2.05, 4.69) is 4.99 Å². The highest BCUT2D eigenvalue weighted by Gasteiger charge is 2.16. The number of benzene rings is 2. The molecule has 6 nitrogen and oxygen atoms in total. The summed E-state index contributed by atoms with van der Waals surface area (Å²) in [7, 11) is 4.89. The molecule has 1 heterocycles. The van der Waals surface area contributed by atoms with Crippen LogP contribution in [0.15, 0.2) is 41.4 Å². The summed E-state index contributed by atoms with van der Waals surface area (Å²) >= 11 is 1.41. The minimum atomic E-state index is -0.195. The summed E-state index contributed by atoms with van der Waals surface area (Å²) in [6, 6.07) is 11.6. The van der Waals surface area contributed by atoms with E-state index >= 15 is 0 Å². The smallest absolute Gasteiger partial charge is 0.252 e. The first-order valence-electron chi connectivity index (χ1n) is 8.93. The van der Waals surface area contributed by atoms with Gasteiger partial charge in [0.2, 0.25) is 0 Å². The van der Waals surface area contributed by atoms with E-state index < -0.39 is 0 Å². The number of aromatic nitrogens is 1. The van der Waals surface area contributed by atoms with Gasteiger partial charge in [0.25, 0.3) is 5.91 Å². The molecule has 0 fully saturated rings. The zero-order valence-corrected chi connectivity index (χ0v) is 17.3. The number of rotatable bonds is 7. The quantitative estimate of drug-likeness (QED) is 0.610. The van der Waals surface area contributed by atoms with Crippen molar-refractivity contribution in [3.63, 3.8) is 0 Å². The van der Waals surface area contributed by atoms with Crippen molar-refractivity contribution in [2.24, 2.45) is 4.99 Å². The number of amides is 1. The summed E-state index contributed by atoms with van der Waals surface area (Å²) in [5, 5.41) is 0. The molecule has 0 radical (unpaired) electrons. The second kappa shape index (κ2) is 9.03. The highest BCUT2D eigenvalue weighted by molar-refractivity contribution is 7.16. The molecule has 0 unspecified atom stereocenters. The van der Waals surface area contributed by atoms with Crippen molar-refractivity contribution < 1.29 is 19.0 Å². The zero-order chi connectivity index (χ0) is 20.1. The SMILES string of the molecule is COCCn1c(=NC(=O)Cc2ccc(C)cc2)sc2c(OC)ccc(OC)c21. The number of thiazole rings is 1. The number of aryl methyl sites for hydroxylation is 1. The fourth-order valence-electron chi connectivity index (χ4n) is 2.96. The molecule has 3 aromatic rings. The van der Waals surface area contributed by atoms with Gasteiger partial charge in [0, 0.05) is 13.7 Å². The predicted molar refractivity (Wildman–Crippen MR) is 110 cm³/mol. The van der Waals surface area contributed by atoms with E-state index in [1.54, 1.807) is 21.3 Å². The molecule has 28 heavy (non-hydrogen) atoms. The second-order valence-electron chi connectivity index (χ2n) is 6.34. The summed E-state index contributed by atoms with van der Waals surface area (Å²) in [6.45, 7) is 3.06. The zero-order valence-electron chi connectivity index (χ0n) is 16.5. The van der Waals surface area contributed by atoms with Gasteiger partial charge in [-0.3, -0.25) is 4.79 Å². The maximum Gasteiger partial charge on any atom is 0.252 e. The van der Waals surface area contributed by atoms with Gasteiger partial charge in [0.15, 0.2) is 4.80 Å². The van der Waals surface area contributed by atoms with Gasteiger partial charge in [-0.1, -0.05) is 41.2 Å². The van der Waals surface area contributed by atoms with Crippen LogP contribution in [0.25, 0.3) is 10.2 Å². The van der Waals surface area contributed by atoms with Gasteiger partial charge in [-0.05, 0) is 24.6 Å². The van der Waals surface area contributed by atoms with Crippen LogP contribution in [-0.2, 0) is 22.5 Å². The molecular weight excluding hydrogens is 376 g/mol. The number of nitrogens with zero attached hydrogens (tertiary/aromatic N) is 2. The van der Waals surface area contributed by atoms with E-state index in [1.165, 1.54) is 11.3 Å². The number of fused-ring (bicyclic) bond motifs is 1. The highest BCUT2D eigenvalue weighted by Crippen LogP contribution is 2.35.